The maximum atomic E-state index is 12.7. The molecule has 1 fully saturated rings. The molecule has 32 heavy (non-hydrogen) atoms. The predicted octanol–water partition coefficient (Wildman–Crippen LogP) is 2.81. The van der Waals surface area contributed by atoms with Crippen molar-refractivity contribution >= 4 is 34.0 Å². The van der Waals surface area contributed by atoms with E-state index in [1.54, 1.807) is 6.07 Å². The topological polar surface area (TPSA) is 85.5 Å². The van der Waals surface area contributed by atoms with Gasteiger partial charge >= 0.3 is 0 Å². The van der Waals surface area contributed by atoms with Gasteiger partial charge in [0.05, 0.1) is 0 Å². The molecule has 2 aromatic carbocycles. The molecule has 0 aliphatic carbocycles. The van der Waals surface area contributed by atoms with Crippen LogP contribution in [0.25, 0.3) is 10.9 Å². The minimum Gasteiger partial charge on any atom is -0.369 e. The van der Waals surface area contributed by atoms with Crippen molar-refractivity contribution in [1.29, 1.82) is 0 Å². The molecule has 164 valence electrons. The van der Waals surface area contributed by atoms with E-state index in [1.165, 1.54) is 0 Å². The number of aryl methyl sites for hydroxylation is 1. The number of anilines is 2. The van der Waals surface area contributed by atoms with Crippen molar-refractivity contribution in [2.75, 3.05) is 42.9 Å². The van der Waals surface area contributed by atoms with E-state index in [2.05, 4.69) is 32.2 Å². The number of benzene rings is 2. The number of piperazine rings is 1. The average Bonchev–Trinajstić information content (AvgIpc) is 2.82. The molecular weight excluding hydrogens is 404 g/mol. The van der Waals surface area contributed by atoms with Gasteiger partial charge < -0.3 is 15.2 Å². The van der Waals surface area contributed by atoms with Crippen LogP contribution in [0.4, 0.5) is 11.4 Å². The van der Waals surface area contributed by atoms with Crippen LogP contribution in [0, 0.1) is 0 Å². The number of hydrogen-bond donors (Lipinski definition) is 2. The second kappa shape index (κ2) is 8.59. The summed E-state index contributed by atoms with van der Waals surface area (Å²) in [5.41, 5.74) is 4.52. The van der Waals surface area contributed by atoms with Gasteiger partial charge in [0.15, 0.2) is 5.78 Å². The van der Waals surface area contributed by atoms with E-state index < -0.39 is 0 Å². The Morgan fingerprint density at radius 2 is 1.75 bits per heavy atom. The van der Waals surface area contributed by atoms with Gasteiger partial charge in [-0.1, -0.05) is 0 Å². The van der Waals surface area contributed by atoms with E-state index in [0.29, 0.717) is 19.3 Å². The zero-order chi connectivity index (χ0) is 22.1. The summed E-state index contributed by atoms with van der Waals surface area (Å²) in [6, 6.07) is 15.1. The normalized spacial score (nSPS) is 16.6. The number of nitrogens with one attached hydrogen (secondary N) is 2. The summed E-state index contributed by atoms with van der Waals surface area (Å²) in [6.45, 7) is 4.38. The SMILES string of the molecule is O=C1CCc2cc(C(=O)CCN3CCN(c4ccc5[nH]c(=O)ccc5c4)CC3)ccc2N1. The highest BCUT2D eigenvalue weighted by Gasteiger charge is 2.20. The number of carbonyl (C=O) groups is 2. The Kier molecular flexibility index (Phi) is 5.49. The van der Waals surface area contributed by atoms with Crippen molar-refractivity contribution in [3.63, 3.8) is 0 Å². The Balaban J connectivity index is 1.15. The monoisotopic (exact) mass is 430 g/mol. The molecule has 2 N–H and O–H groups in total. The van der Waals surface area contributed by atoms with Gasteiger partial charge in [0.2, 0.25) is 11.5 Å². The second-order valence-corrected chi connectivity index (χ2v) is 8.52. The molecule has 3 aromatic rings. The number of hydrogen-bond acceptors (Lipinski definition) is 5. The van der Waals surface area contributed by atoms with E-state index >= 15 is 0 Å². The highest BCUT2D eigenvalue weighted by atomic mass is 16.1. The Hall–Kier alpha value is -3.45. The molecule has 1 saturated heterocycles. The molecule has 2 aliphatic heterocycles. The number of nitrogens with zero attached hydrogens (tertiary/aromatic N) is 2. The summed E-state index contributed by atoms with van der Waals surface area (Å²) >= 11 is 0. The Bertz CT molecular complexity index is 1240. The fourth-order valence-corrected chi connectivity index (χ4v) is 4.53. The molecule has 0 atom stereocenters. The number of pyridine rings is 1. The number of aromatic amines is 1. The largest absolute Gasteiger partial charge is 0.369 e. The fourth-order valence-electron chi connectivity index (χ4n) is 4.53. The molecule has 7 nitrogen and oxygen atoms in total. The molecule has 5 rings (SSSR count). The third-order valence-electron chi connectivity index (χ3n) is 6.42. The van der Waals surface area contributed by atoms with Crippen molar-refractivity contribution in [1.82, 2.24) is 9.88 Å². The lowest BCUT2D eigenvalue weighted by molar-refractivity contribution is -0.116. The fraction of sp³-hybridized carbons (Fsp3) is 0.320. The van der Waals surface area contributed by atoms with Crippen molar-refractivity contribution in [3.05, 3.63) is 70.0 Å². The highest BCUT2D eigenvalue weighted by molar-refractivity contribution is 5.99. The van der Waals surface area contributed by atoms with Gasteiger partial charge in [-0.3, -0.25) is 19.3 Å². The van der Waals surface area contributed by atoms with Crippen molar-refractivity contribution in [2.24, 2.45) is 0 Å². The first kappa shape index (κ1) is 20.5. The van der Waals surface area contributed by atoms with Gasteiger partial charge in [-0.05, 0) is 54.4 Å². The van der Waals surface area contributed by atoms with Gasteiger partial charge in [-0.15, -0.1) is 0 Å². The molecule has 0 radical (unpaired) electrons. The molecule has 2 aliphatic rings. The van der Waals surface area contributed by atoms with Crippen LogP contribution in [-0.4, -0.2) is 54.3 Å². The third kappa shape index (κ3) is 4.29. The minimum atomic E-state index is -0.0874. The van der Waals surface area contributed by atoms with Gasteiger partial charge in [-0.2, -0.15) is 0 Å². The number of ketones is 1. The molecule has 0 unspecified atom stereocenters. The zero-order valence-electron chi connectivity index (χ0n) is 17.9. The highest BCUT2D eigenvalue weighted by Crippen LogP contribution is 2.25. The summed E-state index contributed by atoms with van der Waals surface area (Å²) in [7, 11) is 0. The number of carbonyl (C=O) groups excluding carboxylic acids is 2. The Morgan fingerprint density at radius 1 is 0.906 bits per heavy atom. The van der Waals surface area contributed by atoms with Crippen molar-refractivity contribution in [2.45, 2.75) is 19.3 Å². The average molecular weight is 431 g/mol. The number of amides is 1. The minimum absolute atomic E-state index is 0.0364. The molecule has 7 heteroatoms. The van der Waals surface area contributed by atoms with Crippen molar-refractivity contribution in [3.8, 4) is 0 Å². The quantitative estimate of drug-likeness (QED) is 0.608. The van der Waals surface area contributed by atoms with E-state index in [1.807, 2.05) is 30.3 Å². The molecule has 1 aromatic heterocycles. The van der Waals surface area contributed by atoms with E-state index in [0.717, 1.165) is 66.1 Å². The number of aromatic nitrogens is 1. The maximum absolute atomic E-state index is 12.7. The third-order valence-corrected chi connectivity index (χ3v) is 6.42. The molecule has 0 saturated carbocycles. The Morgan fingerprint density at radius 3 is 2.59 bits per heavy atom. The van der Waals surface area contributed by atoms with Crippen LogP contribution in [0.3, 0.4) is 0 Å². The summed E-state index contributed by atoms with van der Waals surface area (Å²) in [5.74, 6) is 0.185. The van der Waals surface area contributed by atoms with Gasteiger partial charge in [0.1, 0.15) is 0 Å². The smallest absolute Gasteiger partial charge is 0.248 e. The first-order valence-electron chi connectivity index (χ1n) is 11.1. The number of Topliss-reactive ketones (excluding diaryl/α,β-unsaturated/α-hetero) is 1. The zero-order valence-corrected chi connectivity index (χ0v) is 17.9. The summed E-state index contributed by atoms with van der Waals surface area (Å²) in [5, 5.41) is 3.89. The summed E-state index contributed by atoms with van der Waals surface area (Å²) in [4.78, 5) is 43.2. The molecular formula is C25H26N4O3. The lowest BCUT2D eigenvalue weighted by Crippen LogP contribution is -2.46. The van der Waals surface area contributed by atoms with E-state index in [-0.39, 0.29) is 17.2 Å². The van der Waals surface area contributed by atoms with Crippen molar-refractivity contribution < 1.29 is 9.59 Å². The van der Waals surface area contributed by atoms with Crippen LogP contribution < -0.4 is 15.8 Å². The predicted molar refractivity (Wildman–Crippen MR) is 126 cm³/mol. The first-order chi connectivity index (χ1) is 15.5. The van der Waals surface area contributed by atoms with Crippen LogP contribution in [0.5, 0.6) is 0 Å². The second-order valence-electron chi connectivity index (χ2n) is 8.52. The maximum Gasteiger partial charge on any atom is 0.248 e. The molecule has 0 bridgehead atoms. The van der Waals surface area contributed by atoms with Crippen LogP contribution >= 0.6 is 0 Å². The Labute approximate surface area is 186 Å². The van der Waals surface area contributed by atoms with Gasteiger partial charge in [-0.25, -0.2) is 0 Å². The summed E-state index contributed by atoms with van der Waals surface area (Å²) in [6.07, 6.45) is 1.66. The van der Waals surface area contributed by atoms with E-state index in [9.17, 15) is 14.4 Å². The standard InChI is InChI=1S/C25H26N4O3/c30-23(19-1-5-21-17(15-19)2-7-24(31)26-21)9-10-28-11-13-29(14-12-28)20-4-6-22-18(16-20)3-8-25(32)27-22/h1,3-6,8,15-16H,2,7,9-14H2,(H,26,31)(H,27,32). The van der Waals surface area contributed by atoms with E-state index in [4.69, 9.17) is 0 Å². The molecule has 3 heterocycles. The van der Waals surface area contributed by atoms with Gasteiger partial charge in [0, 0.05) is 79.5 Å². The first-order valence-corrected chi connectivity index (χ1v) is 11.1. The van der Waals surface area contributed by atoms with Crippen LogP contribution in [0.1, 0.15) is 28.8 Å². The number of fused-ring (bicyclic) bond motifs is 2. The number of rotatable bonds is 5. The lowest BCUT2D eigenvalue weighted by Gasteiger charge is -2.36. The number of H-pyrrole nitrogens is 1. The van der Waals surface area contributed by atoms with Crippen LogP contribution in [0.15, 0.2) is 53.3 Å². The van der Waals surface area contributed by atoms with Crippen LogP contribution in [-0.2, 0) is 11.2 Å². The molecule has 0 spiro atoms. The summed E-state index contributed by atoms with van der Waals surface area (Å²) < 4.78 is 0. The van der Waals surface area contributed by atoms with Crippen LogP contribution in [0.2, 0.25) is 0 Å². The molecule has 1 amide bonds. The van der Waals surface area contributed by atoms with Gasteiger partial charge in [0.25, 0.3) is 0 Å². The lowest BCUT2D eigenvalue weighted by atomic mass is 9.98.